The van der Waals surface area contributed by atoms with E-state index in [9.17, 15) is 0 Å². The molecule has 2 rings (SSSR count). The summed E-state index contributed by atoms with van der Waals surface area (Å²) in [6.07, 6.45) is 10.2. The van der Waals surface area contributed by atoms with Crippen LogP contribution < -0.4 is 0 Å². The molecule has 1 fully saturated rings. The lowest BCUT2D eigenvalue weighted by Gasteiger charge is -1.99. The highest BCUT2D eigenvalue weighted by Gasteiger charge is 2.48. The van der Waals surface area contributed by atoms with Gasteiger partial charge in [0.25, 0.3) is 0 Å². The van der Waals surface area contributed by atoms with Gasteiger partial charge in [0, 0.05) is 6.61 Å². The van der Waals surface area contributed by atoms with Crippen LogP contribution >= 0.6 is 22.4 Å². The second-order valence-electron chi connectivity index (χ2n) is 4.11. The van der Waals surface area contributed by atoms with Gasteiger partial charge in [0.2, 0.25) is 0 Å². The van der Waals surface area contributed by atoms with E-state index in [0.29, 0.717) is 0 Å². The maximum Gasteiger partial charge on any atom is 0.346 e. The van der Waals surface area contributed by atoms with Crippen molar-refractivity contribution in [1.29, 1.82) is 0 Å². The number of halogens is 1. The molecule has 0 radical (unpaired) electrons. The van der Waals surface area contributed by atoms with E-state index in [-0.39, 0.29) is 0 Å². The van der Waals surface area contributed by atoms with Gasteiger partial charge in [-0.25, -0.2) is 0 Å². The summed E-state index contributed by atoms with van der Waals surface area (Å²) in [5.41, 5.74) is 0. The zero-order chi connectivity index (χ0) is 9.10. The third-order valence-corrected chi connectivity index (χ3v) is 3.82. The molecule has 3 atom stereocenters. The lowest BCUT2D eigenvalue weighted by Crippen LogP contribution is -1.98. The molecule has 3 heteroatoms. The zero-order valence-electron chi connectivity index (χ0n) is 7.92. The van der Waals surface area contributed by atoms with E-state index >= 15 is 0 Å². The van der Waals surface area contributed by atoms with Gasteiger partial charge in [-0.05, 0) is 43.4 Å². The van der Waals surface area contributed by atoms with Crippen LogP contribution in [-0.4, -0.2) is 11.9 Å². The molecule has 13 heavy (non-hydrogen) atoms. The first kappa shape index (κ1) is 10.0. The Bertz CT molecular complexity index is 195. The molecule has 3 unspecified atom stereocenters. The average molecular weight is 290 g/mol. The van der Waals surface area contributed by atoms with Crippen LogP contribution in [0.4, 0.5) is 0 Å². The Balaban J connectivity index is 1.80. The van der Waals surface area contributed by atoms with Crippen LogP contribution in [-0.2, 0) is 4.65 Å². The molecule has 0 amide bonds. The molecule has 0 aromatic rings. The summed E-state index contributed by atoms with van der Waals surface area (Å²) in [4.78, 5) is 0. The molecule has 2 aliphatic carbocycles. The highest BCUT2D eigenvalue weighted by molar-refractivity contribution is 14.1. The van der Waals surface area contributed by atoms with Crippen LogP contribution in [0.1, 0.15) is 25.7 Å². The lowest BCUT2D eigenvalue weighted by atomic mass is 10.1. The molecule has 0 heterocycles. The van der Waals surface area contributed by atoms with Crippen LogP contribution in [0, 0.1) is 17.8 Å². The van der Waals surface area contributed by atoms with Crippen LogP contribution in [0.3, 0.4) is 0 Å². The summed E-state index contributed by atoms with van der Waals surface area (Å²) in [5.74, 6) is 2.84. The van der Waals surface area contributed by atoms with Crippen molar-refractivity contribution < 1.29 is 4.65 Å². The van der Waals surface area contributed by atoms with Gasteiger partial charge in [0.05, 0.1) is 0 Å². The monoisotopic (exact) mass is 290 g/mol. The van der Waals surface area contributed by atoms with Crippen molar-refractivity contribution in [3.63, 3.8) is 0 Å². The molecule has 72 valence electrons. The molecular weight excluding hydrogens is 274 g/mol. The fraction of sp³-hybridized carbons (Fsp3) is 0.800. The van der Waals surface area contributed by atoms with Crippen molar-refractivity contribution in [3.8, 4) is 0 Å². The maximum absolute atomic E-state index is 5.49. The third-order valence-electron chi connectivity index (χ3n) is 3.38. The molecule has 0 aliphatic heterocycles. The minimum atomic E-state index is 0.851. The van der Waals surface area contributed by atoms with E-state index in [1.165, 1.54) is 25.7 Å². The molecule has 0 N–H and O–H groups in total. The fourth-order valence-electron chi connectivity index (χ4n) is 2.57. The quantitative estimate of drug-likeness (QED) is 0.441. The average Bonchev–Trinajstić information content (AvgIpc) is 2.72. The maximum atomic E-state index is 5.49. The summed E-state index contributed by atoms with van der Waals surface area (Å²) < 4.78 is 5.49. The van der Waals surface area contributed by atoms with Crippen molar-refractivity contribution in [2.75, 3.05) is 6.61 Å². The Labute approximate surface area is 94.5 Å². The normalized spacial score (nSPS) is 39.9. The molecule has 0 aromatic heterocycles. The number of hydrogen-bond donors (Lipinski definition) is 0. The Morgan fingerprint density at radius 3 is 3.15 bits per heavy atom. The Morgan fingerprint density at radius 2 is 2.31 bits per heavy atom. The molecule has 1 saturated carbocycles. The second kappa shape index (κ2) is 4.83. The van der Waals surface area contributed by atoms with Gasteiger partial charge in [-0.15, -0.1) is 22.4 Å². The van der Waals surface area contributed by atoms with E-state index in [4.69, 9.17) is 4.65 Å². The number of hydrogen-bond acceptors (Lipinski definition) is 1. The molecule has 1 nitrogen and oxygen atoms in total. The van der Waals surface area contributed by atoms with E-state index in [2.05, 4.69) is 34.5 Å². The molecule has 0 bridgehead atoms. The zero-order valence-corrected chi connectivity index (χ0v) is 10.1. The minimum Gasteiger partial charge on any atom is -0.428 e. The molecule has 2 aliphatic rings. The van der Waals surface area contributed by atoms with Gasteiger partial charge >= 0.3 is 5.34 Å². The van der Waals surface area contributed by atoms with Crippen molar-refractivity contribution in [2.45, 2.75) is 25.7 Å². The summed E-state index contributed by atoms with van der Waals surface area (Å²) in [6, 6.07) is 0. The van der Waals surface area contributed by atoms with E-state index in [1.54, 1.807) is 0 Å². The van der Waals surface area contributed by atoms with Crippen molar-refractivity contribution in [2.24, 2.45) is 17.8 Å². The minimum absolute atomic E-state index is 0.851. The largest absolute Gasteiger partial charge is 0.428 e. The van der Waals surface area contributed by atoms with Crippen LogP contribution in [0.25, 0.3) is 0 Å². The van der Waals surface area contributed by atoms with Crippen LogP contribution in [0.2, 0.25) is 0 Å². The number of rotatable bonds is 3. The molecular formula is C10H16BIO. The summed E-state index contributed by atoms with van der Waals surface area (Å²) >= 11 is 2.28. The number of fused-ring (bicyclic) bond motifs is 1. The molecule has 0 saturated heterocycles. The Kier molecular flexibility index (Phi) is 3.72. The van der Waals surface area contributed by atoms with Crippen molar-refractivity contribution >= 4 is 27.7 Å². The Morgan fingerprint density at radius 1 is 1.38 bits per heavy atom. The van der Waals surface area contributed by atoms with Gasteiger partial charge in [0.15, 0.2) is 0 Å². The van der Waals surface area contributed by atoms with E-state index in [0.717, 1.165) is 29.7 Å². The first-order valence-electron chi connectivity index (χ1n) is 5.22. The first-order chi connectivity index (χ1) is 6.43. The smallest absolute Gasteiger partial charge is 0.346 e. The molecule has 0 aromatic carbocycles. The predicted octanol–water partition coefficient (Wildman–Crippen LogP) is 2.70. The van der Waals surface area contributed by atoms with Crippen molar-refractivity contribution in [1.82, 2.24) is 0 Å². The lowest BCUT2D eigenvalue weighted by molar-refractivity contribution is 0.310. The number of allylic oxidation sites excluding steroid dienone is 2. The SMILES string of the molecule is IBOCC1C2C/C=C/CCCC21. The van der Waals surface area contributed by atoms with Gasteiger partial charge in [0.1, 0.15) is 0 Å². The second-order valence-corrected chi connectivity index (χ2v) is 4.73. The van der Waals surface area contributed by atoms with Crippen molar-refractivity contribution in [3.05, 3.63) is 12.2 Å². The van der Waals surface area contributed by atoms with Gasteiger partial charge in [-0.2, -0.15) is 0 Å². The highest BCUT2D eigenvalue weighted by atomic mass is 127. The fourth-order valence-corrected chi connectivity index (χ4v) is 2.83. The summed E-state index contributed by atoms with van der Waals surface area (Å²) in [5, 5.41) is 0.851. The predicted molar refractivity (Wildman–Crippen MR) is 65.2 cm³/mol. The van der Waals surface area contributed by atoms with Gasteiger partial charge in [-0.1, -0.05) is 12.2 Å². The van der Waals surface area contributed by atoms with E-state index < -0.39 is 0 Å². The third kappa shape index (κ3) is 2.49. The highest BCUT2D eigenvalue weighted by Crippen LogP contribution is 2.52. The molecule has 0 spiro atoms. The van der Waals surface area contributed by atoms with Gasteiger partial charge < -0.3 is 4.65 Å². The Hall–Kier alpha value is 0.495. The van der Waals surface area contributed by atoms with Gasteiger partial charge in [-0.3, -0.25) is 0 Å². The van der Waals surface area contributed by atoms with E-state index in [1.807, 2.05) is 0 Å². The summed E-state index contributed by atoms with van der Waals surface area (Å²) in [7, 11) is 0. The first-order valence-corrected chi connectivity index (χ1v) is 6.74. The van der Waals surface area contributed by atoms with Crippen LogP contribution in [0.5, 0.6) is 0 Å². The van der Waals surface area contributed by atoms with Crippen LogP contribution in [0.15, 0.2) is 12.2 Å². The standard InChI is InChI=1S/C10H16BIO/c12-11-13-7-10-8-5-3-1-2-4-6-9(8)10/h1,3,8-11H,2,4-7H2/b3-1+. The summed E-state index contributed by atoms with van der Waals surface area (Å²) in [6.45, 7) is 1.01. The topological polar surface area (TPSA) is 9.23 Å².